The molecule has 2 aromatic rings. The van der Waals surface area contributed by atoms with Gasteiger partial charge in [0.2, 0.25) is 11.8 Å². The number of carbonyl (C=O) groups excluding carboxylic acids is 2. The second kappa shape index (κ2) is 11.7. The summed E-state index contributed by atoms with van der Waals surface area (Å²) in [6.07, 6.45) is 3.82. The molecule has 0 saturated carbocycles. The highest BCUT2D eigenvalue weighted by molar-refractivity contribution is 5.86. The number of hydrogen-bond donors (Lipinski definition) is 0. The molecule has 1 fully saturated rings. The molecule has 174 valence electrons. The molecular formula is C25H34N2O5. The molecule has 2 heterocycles. The number of benzene rings is 1. The molecule has 1 aliphatic rings. The van der Waals surface area contributed by atoms with Crippen molar-refractivity contribution >= 4 is 11.8 Å². The quantitative estimate of drug-likeness (QED) is 0.532. The van der Waals surface area contributed by atoms with Gasteiger partial charge in [0.15, 0.2) is 0 Å². The Morgan fingerprint density at radius 3 is 2.50 bits per heavy atom. The van der Waals surface area contributed by atoms with Crippen molar-refractivity contribution in [3.05, 3.63) is 54.0 Å². The largest absolute Gasteiger partial charge is 0.497 e. The van der Waals surface area contributed by atoms with Gasteiger partial charge in [-0.25, -0.2) is 0 Å². The van der Waals surface area contributed by atoms with Crippen LogP contribution >= 0.6 is 0 Å². The number of amides is 2. The molecule has 7 nitrogen and oxygen atoms in total. The summed E-state index contributed by atoms with van der Waals surface area (Å²) in [5.41, 5.74) is 0.892. The molecule has 1 aliphatic heterocycles. The molecule has 3 rings (SSSR count). The number of nitrogens with zero attached hydrogens (tertiary/aromatic N) is 2. The van der Waals surface area contributed by atoms with Crippen molar-refractivity contribution in [1.82, 2.24) is 9.80 Å². The SMILES string of the molecule is COc1ccc(CC(=O)N(CC(=O)N(Cc2ccco2)C[C@H]2CCCO2)CC(C)C)cc1. The molecular weight excluding hydrogens is 408 g/mol. The zero-order valence-electron chi connectivity index (χ0n) is 19.3. The molecule has 0 bridgehead atoms. The van der Waals surface area contributed by atoms with E-state index in [0.717, 1.165) is 36.5 Å². The molecule has 2 amide bonds. The predicted molar refractivity (Wildman–Crippen MR) is 121 cm³/mol. The molecule has 0 N–H and O–H groups in total. The van der Waals surface area contributed by atoms with E-state index in [2.05, 4.69) is 0 Å². The van der Waals surface area contributed by atoms with Gasteiger partial charge in [-0.1, -0.05) is 26.0 Å². The number of hydrogen-bond acceptors (Lipinski definition) is 5. The molecule has 1 atom stereocenters. The van der Waals surface area contributed by atoms with E-state index >= 15 is 0 Å². The van der Waals surface area contributed by atoms with E-state index in [1.165, 1.54) is 0 Å². The summed E-state index contributed by atoms with van der Waals surface area (Å²) in [7, 11) is 1.61. The van der Waals surface area contributed by atoms with Gasteiger partial charge in [0.1, 0.15) is 11.5 Å². The fraction of sp³-hybridized carbons (Fsp3) is 0.520. The molecule has 1 saturated heterocycles. The van der Waals surface area contributed by atoms with Crippen LogP contribution in [0.1, 0.15) is 38.0 Å². The molecule has 7 heteroatoms. The van der Waals surface area contributed by atoms with Crippen LogP contribution in [0.25, 0.3) is 0 Å². The van der Waals surface area contributed by atoms with Crippen LogP contribution in [0.2, 0.25) is 0 Å². The maximum Gasteiger partial charge on any atom is 0.242 e. The van der Waals surface area contributed by atoms with Gasteiger partial charge in [-0.15, -0.1) is 0 Å². The smallest absolute Gasteiger partial charge is 0.242 e. The van der Waals surface area contributed by atoms with Crippen molar-refractivity contribution in [3.8, 4) is 5.75 Å². The minimum Gasteiger partial charge on any atom is -0.497 e. The van der Waals surface area contributed by atoms with Crippen LogP contribution < -0.4 is 4.74 Å². The van der Waals surface area contributed by atoms with Crippen LogP contribution in [0.15, 0.2) is 47.1 Å². The van der Waals surface area contributed by atoms with E-state index in [1.54, 1.807) is 23.2 Å². The lowest BCUT2D eigenvalue weighted by Crippen LogP contribution is -2.46. The Balaban J connectivity index is 1.68. The van der Waals surface area contributed by atoms with Gasteiger partial charge in [-0.3, -0.25) is 9.59 Å². The highest BCUT2D eigenvalue weighted by Gasteiger charge is 2.26. The third-order valence-corrected chi connectivity index (χ3v) is 5.51. The fourth-order valence-electron chi connectivity index (χ4n) is 3.87. The maximum atomic E-state index is 13.3. The van der Waals surface area contributed by atoms with Gasteiger partial charge < -0.3 is 23.7 Å². The van der Waals surface area contributed by atoms with Crippen molar-refractivity contribution in [2.75, 3.05) is 33.4 Å². The molecule has 0 radical (unpaired) electrons. The maximum absolute atomic E-state index is 13.3. The topological polar surface area (TPSA) is 72.2 Å². The van der Waals surface area contributed by atoms with Crippen molar-refractivity contribution in [2.45, 2.75) is 45.8 Å². The molecule has 0 unspecified atom stereocenters. The molecule has 0 aliphatic carbocycles. The Morgan fingerprint density at radius 2 is 1.91 bits per heavy atom. The Bertz CT molecular complexity index is 842. The van der Waals surface area contributed by atoms with E-state index in [9.17, 15) is 9.59 Å². The van der Waals surface area contributed by atoms with E-state index in [0.29, 0.717) is 19.6 Å². The first-order valence-corrected chi connectivity index (χ1v) is 11.3. The second-order valence-electron chi connectivity index (χ2n) is 8.68. The third kappa shape index (κ3) is 7.12. The number of furan rings is 1. The molecule has 1 aromatic carbocycles. The van der Waals surface area contributed by atoms with Crippen LogP contribution in [-0.4, -0.2) is 61.1 Å². The zero-order valence-corrected chi connectivity index (χ0v) is 19.3. The number of carbonyl (C=O) groups is 2. The Morgan fingerprint density at radius 1 is 1.12 bits per heavy atom. The summed E-state index contributed by atoms with van der Waals surface area (Å²) >= 11 is 0. The second-order valence-corrected chi connectivity index (χ2v) is 8.68. The van der Waals surface area contributed by atoms with Crippen LogP contribution in [0.3, 0.4) is 0 Å². The van der Waals surface area contributed by atoms with Crippen molar-refractivity contribution in [3.63, 3.8) is 0 Å². The first-order valence-electron chi connectivity index (χ1n) is 11.3. The van der Waals surface area contributed by atoms with Crippen LogP contribution in [0.5, 0.6) is 5.75 Å². The predicted octanol–water partition coefficient (Wildman–Crippen LogP) is 3.52. The summed E-state index contributed by atoms with van der Waals surface area (Å²) in [6.45, 7) is 6.26. The van der Waals surface area contributed by atoms with Gasteiger partial charge in [-0.05, 0) is 48.6 Å². The standard InChI is InChI=1S/C25H34N2O5/c1-19(2)15-26(24(28)14-20-8-10-21(30-3)11-9-20)18-25(29)27(16-22-6-4-12-31-22)17-23-7-5-13-32-23/h4,6,8-12,19,23H,5,7,13-18H2,1-3H3/t23-/m1/s1. The Kier molecular flexibility index (Phi) is 8.73. The first-order chi connectivity index (χ1) is 15.4. The number of methoxy groups -OCH3 is 1. The van der Waals surface area contributed by atoms with E-state index in [4.69, 9.17) is 13.9 Å². The van der Waals surface area contributed by atoms with Gasteiger partial charge in [-0.2, -0.15) is 0 Å². The van der Waals surface area contributed by atoms with E-state index < -0.39 is 0 Å². The third-order valence-electron chi connectivity index (χ3n) is 5.51. The van der Waals surface area contributed by atoms with E-state index in [-0.39, 0.29) is 36.8 Å². The monoisotopic (exact) mass is 442 g/mol. The highest BCUT2D eigenvalue weighted by atomic mass is 16.5. The van der Waals surface area contributed by atoms with Gasteiger partial charge in [0.25, 0.3) is 0 Å². The van der Waals surface area contributed by atoms with Crippen LogP contribution in [-0.2, 0) is 27.3 Å². The summed E-state index contributed by atoms with van der Waals surface area (Å²) in [4.78, 5) is 29.8. The highest BCUT2D eigenvalue weighted by Crippen LogP contribution is 2.17. The molecule has 32 heavy (non-hydrogen) atoms. The van der Waals surface area contributed by atoms with Crippen molar-refractivity contribution in [1.29, 1.82) is 0 Å². The summed E-state index contributed by atoms with van der Waals surface area (Å²) in [5, 5.41) is 0. The van der Waals surface area contributed by atoms with Crippen molar-refractivity contribution < 1.29 is 23.5 Å². The normalized spacial score (nSPS) is 15.7. The fourth-order valence-corrected chi connectivity index (χ4v) is 3.87. The first kappa shape index (κ1) is 23.9. The lowest BCUT2D eigenvalue weighted by Gasteiger charge is -2.29. The Labute approximate surface area is 190 Å². The van der Waals surface area contributed by atoms with Gasteiger partial charge >= 0.3 is 0 Å². The average Bonchev–Trinajstić information content (AvgIpc) is 3.47. The minimum atomic E-state index is -0.0966. The lowest BCUT2D eigenvalue weighted by molar-refractivity contribution is -0.142. The van der Waals surface area contributed by atoms with Crippen LogP contribution in [0, 0.1) is 5.92 Å². The molecule has 0 spiro atoms. The van der Waals surface area contributed by atoms with Gasteiger partial charge in [0.05, 0.1) is 39.0 Å². The number of rotatable bonds is 11. The lowest BCUT2D eigenvalue weighted by atomic mass is 10.1. The van der Waals surface area contributed by atoms with E-state index in [1.807, 2.05) is 50.2 Å². The van der Waals surface area contributed by atoms with Crippen molar-refractivity contribution in [2.24, 2.45) is 5.92 Å². The molecule has 1 aromatic heterocycles. The summed E-state index contributed by atoms with van der Waals surface area (Å²) in [5.74, 6) is 1.56. The Hall–Kier alpha value is -2.80. The zero-order chi connectivity index (χ0) is 22.9. The summed E-state index contributed by atoms with van der Waals surface area (Å²) in [6, 6.07) is 11.1. The van der Waals surface area contributed by atoms with Crippen LogP contribution in [0.4, 0.5) is 0 Å². The number of ether oxygens (including phenoxy) is 2. The average molecular weight is 443 g/mol. The minimum absolute atomic E-state index is 0.0301. The van der Waals surface area contributed by atoms with Gasteiger partial charge in [0, 0.05) is 19.7 Å². The summed E-state index contributed by atoms with van der Waals surface area (Å²) < 4.78 is 16.4.